The smallest absolute Gasteiger partial charge is 0.321 e. The van der Waals surface area contributed by atoms with Gasteiger partial charge in [-0.3, -0.25) is 14.5 Å². The lowest BCUT2D eigenvalue weighted by atomic mass is 9.62. The average Bonchev–Trinajstić information content (AvgIpc) is 3.03. The lowest BCUT2D eigenvalue weighted by Crippen LogP contribution is -2.56. The third kappa shape index (κ3) is 5.23. The molecule has 11 heteroatoms. The van der Waals surface area contributed by atoms with E-state index in [0.717, 1.165) is 13.0 Å². The zero-order chi connectivity index (χ0) is 28.8. The molecule has 4 N–H and O–H groups in total. The minimum absolute atomic E-state index is 0.0403. The number of hydrogen-bond acceptors (Lipinski definition) is 5. The Morgan fingerprint density at radius 3 is 2.32 bits per heavy atom. The molecule has 0 radical (unpaired) electrons. The van der Waals surface area contributed by atoms with Crippen LogP contribution in [0.3, 0.4) is 0 Å². The highest BCUT2D eigenvalue weighted by atomic mass is 35.5. The number of carboxylic acid groups (broad SMARTS) is 1. The summed E-state index contributed by atoms with van der Waals surface area (Å²) in [6.07, 6.45) is 0.0972. The number of carboxylic acids is 1. The van der Waals surface area contributed by atoms with Crippen molar-refractivity contribution in [3.8, 4) is 6.07 Å². The van der Waals surface area contributed by atoms with Gasteiger partial charge in [0.2, 0.25) is 5.91 Å². The maximum absolute atomic E-state index is 15.7. The molecule has 0 bridgehead atoms. The van der Waals surface area contributed by atoms with Gasteiger partial charge in [0.1, 0.15) is 23.1 Å². The zero-order valence-corrected chi connectivity index (χ0v) is 22.8. The Morgan fingerprint density at radius 1 is 1.18 bits per heavy atom. The molecule has 1 unspecified atom stereocenters. The van der Waals surface area contributed by atoms with Gasteiger partial charge < -0.3 is 15.9 Å². The lowest BCUT2D eigenvalue weighted by Gasteiger charge is -2.40. The molecule has 1 heterocycles. The van der Waals surface area contributed by atoms with Crippen molar-refractivity contribution in [2.75, 3.05) is 6.54 Å². The Balaban J connectivity index is 2.51. The van der Waals surface area contributed by atoms with Crippen LogP contribution in [-0.2, 0) is 15.0 Å². The summed E-state index contributed by atoms with van der Waals surface area (Å²) >= 11 is 12.1. The summed E-state index contributed by atoms with van der Waals surface area (Å²) in [7, 11) is 0. The van der Waals surface area contributed by atoms with Crippen molar-refractivity contribution in [1.82, 2.24) is 4.90 Å². The maximum Gasteiger partial charge on any atom is 0.321 e. The summed E-state index contributed by atoms with van der Waals surface area (Å²) < 4.78 is 31.3. The third-order valence-corrected chi connectivity index (χ3v) is 7.57. The molecular weight excluding hydrogens is 539 g/mol. The first-order chi connectivity index (χ1) is 17.5. The molecule has 3 rings (SSSR count). The topological polar surface area (TPSA) is 128 Å². The van der Waals surface area contributed by atoms with Crippen molar-refractivity contribution < 1.29 is 28.6 Å². The molecule has 7 nitrogen and oxygen atoms in total. The summed E-state index contributed by atoms with van der Waals surface area (Å²) in [5, 5.41) is 31.9. The minimum Gasteiger partial charge on any atom is -0.480 e. The van der Waals surface area contributed by atoms with Crippen LogP contribution in [0.1, 0.15) is 51.2 Å². The van der Waals surface area contributed by atoms with Crippen LogP contribution in [0.25, 0.3) is 0 Å². The van der Waals surface area contributed by atoms with Gasteiger partial charge in [-0.1, -0.05) is 62.2 Å². The van der Waals surface area contributed by atoms with Crippen molar-refractivity contribution in [2.24, 2.45) is 11.1 Å². The van der Waals surface area contributed by atoms with Crippen LogP contribution in [0.15, 0.2) is 36.4 Å². The quantitative estimate of drug-likeness (QED) is 0.447. The van der Waals surface area contributed by atoms with E-state index in [-0.39, 0.29) is 27.6 Å². The predicted octanol–water partition coefficient (Wildman–Crippen LogP) is 4.63. The molecule has 0 spiro atoms. The van der Waals surface area contributed by atoms with Gasteiger partial charge in [-0.2, -0.15) is 5.26 Å². The van der Waals surface area contributed by atoms with Gasteiger partial charge in [-0.25, -0.2) is 8.78 Å². The molecule has 1 aliphatic heterocycles. The number of hydrogen-bond donors (Lipinski definition) is 3. The third-order valence-electron chi connectivity index (χ3n) is 7.05. The summed E-state index contributed by atoms with van der Waals surface area (Å²) in [5.41, 5.74) is 0.158. The molecule has 38 heavy (non-hydrogen) atoms. The normalized spacial score (nSPS) is 25.5. The molecular formula is C27H29Cl2F2N3O4. The summed E-state index contributed by atoms with van der Waals surface area (Å²) in [5.74, 6) is -5.97. The molecule has 0 aliphatic carbocycles. The van der Waals surface area contributed by atoms with Crippen LogP contribution in [0.5, 0.6) is 0 Å². The van der Waals surface area contributed by atoms with E-state index in [9.17, 15) is 25.1 Å². The molecule has 2 aromatic rings. The van der Waals surface area contributed by atoms with Crippen molar-refractivity contribution in [3.05, 3.63) is 69.2 Å². The van der Waals surface area contributed by atoms with Crippen LogP contribution in [0, 0.1) is 28.4 Å². The van der Waals surface area contributed by atoms with Crippen LogP contribution in [-0.4, -0.2) is 51.2 Å². The Bertz CT molecular complexity index is 1310. The Morgan fingerprint density at radius 2 is 1.82 bits per heavy atom. The number of likely N-dealkylation sites (tertiary alicyclic amines) is 1. The Hall–Kier alpha value is -2.77. The number of nitrogens with two attached hydrogens (primary N) is 1. The number of amides is 1. The number of nitriles is 1. The number of halogens is 4. The van der Waals surface area contributed by atoms with Crippen molar-refractivity contribution in [3.63, 3.8) is 0 Å². The molecule has 0 saturated carbocycles. The Kier molecular flexibility index (Phi) is 8.17. The second-order valence-corrected chi connectivity index (χ2v) is 11.9. The largest absolute Gasteiger partial charge is 0.480 e. The fraction of sp³-hybridized carbons (Fsp3) is 0.444. The number of rotatable bonds is 7. The van der Waals surface area contributed by atoms with Gasteiger partial charge in [0.05, 0.1) is 11.1 Å². The summed E-state index contributed by atoms with van der Waals surface area (Å²) in [6, 6.07) is 6.94. The van der Waals surface area contributed by atoms with Gasteiger partial charge in [0, 0.05) is 29.1 Å². The van der Waals surface area contributed by atoms with Gasteiger partial charge in [0.25, 0.3) is 0 Å². The van der Waals surface area contributed by atoms with Crippen molar-refractivity contribution >= 4 is 35.1 Å². The number of carbonyl (C=O) groups excluding carboxylic acids is 1. The van der Waals surface area contributed by atoms with E-state index in [4.69, 9.17) is 28.9 Å². The number of primary amides is 1. The SMILES string of the molecule is CC(C)(C)C[C@@H]1N(CC(C)(O)C(N)=O)[C@@H](C(=O)O)[C@H](c2cccc(Cl)c2F)[C@@]1(C#N)c1ccc(Cl)cc1F. The first-order valence-corrected chi connectivity index (χ1v) is 12.5. The molecule has 1 aliphatic rings. The van der Waals surface area contributed by atoms with E-state index in [2.05, 4.69) is 6.07 Å². The van der Waals surface area contributed by atoms with Crippen LogP contribution in [0.4, 0.5) is 8.78 Å². The molecule has 2 aromatic carbocycles. The van der Waals surface area contributed by atoms with Crippen molar-refractivity contribution in [2.45, 2.75) is 63.1 Å². The number of benzene rings is 2. The highest BCUT2D eigenvalue weighted by Crippen LogP contribution is 2.56. The van der Waals surface area contributed by atoms with E-state index in [1.54, 1.807) is 0 Å². The van der Waals surface area contributed by atoms with E-state index in [1.165, 1.54) is 35.2 Å². The number of nitrogens with zero attached hydrogens (tertiary/aromatic N) is 2. The lowest BCUT2D eigenvalue weighted by molar-refractivity contribution is -0.148. The van der Waals surface area contributed by atoms with E-state index in [0.29, 0.717) is 0 Å². The van der Waals surface area contributed by atoms with E-state index >= 15 is 8.78 Å². The Labute approximate surface area is 229 Å². The number of β-amino-alcohol motifs (C(OH)–C–C–N with tert-alkyl or cyclic N) is 1. The fourth-order valence-corrected chi connectivity index (χ4v) is 5.78. The van der Waals surface area contributed by atoms with Gasteiger partial charge in [0.15, 0.2) is 5.60 Å². The standard InChI is InChI=1S/C27H29Cl2F2N3O4/c1-25(2,3)11-19-27(12-32,16-9-8-14(28)10-18(16)30)20(15-6-5-7-17(29)21(15)31)22(23(35)36)34(19)13-26(4,38)24(33)37/h5-10,19-20,22,38H,11,13H2,1-4H3,(H2,33,37)(H,35,36)/t19-,20-,22+,26?,27-/m0/s1. The predicted molar refractivity (Wildman–Crippen MR) is 139 cm³/mol. The van der Waals surface area contributed by atoms with Crippen LogP contribution in [0.2, 0.25) is 10.0 Å². The molecule has 1 saturated heterocycles. The first kappa shape index (κ1) is 29.8. The molecule has 204 valence electrons. The molecule has 1 fully saturated rings. The molecule has 5 atom stereocenters. The molecule has 1 amide bonds. The van der Waals surface area contributed by atoms with Gasteiger partial charge in [-0.05, 0) is 42.5 Å². The number of aliphatic hydroxyl groups is 1. The van der Waals surface area contributed by atoms with Crippen LogP contribution >= 0.6 is 23.2 Å². The average molecular weight is 568 g/mol. The van der Waals surface area contributed by atoms with E-state index < -0.39 is 64.5 Å². The molecule has 0 aromatic heterocycles. The number of aliphatic carboxylic acids is 1. The number of carbonyl (C=O) groups is 2. The highest BCUT2D eigenvalue weighted by molar-refractivity contribution is 6.31. The maximum atomic E-state index is 15.7. The second kappa shape index (κ2) is 10.4. The monoisotopic (exact) mass is 567 g/mol. The van der Waals surface area contributed by atoms with Crippen molar-refractivity contribution in [1.29, 1.82) is 5.26 Å². The first-order valence-electron chi connectivity index (χ1n) is 11.8. The zero-order valence-electron chi connectivity index (χ0n) is 21.3. The van der Waals surface area contributed by atoms with Gasteiger partial charge in [-0.15, -0.1) is 0 Å². The summed E-state index contributed by atoms with van der Waals surface area (Å²) in [4.78, 5) is 26.3. The highest BCUT2D eigenvalue weighted by Gasteiger charge is 2.65. The van der Waals surface area contributed by atoms with Crippen LogP contribution < -0.4 is 5.73 Å². The van der Waals surface area contributed by atoms with Gasteiger partial charge >= 0.3 is 5.97 Å². The second-order valence-electron chi connectivity index (χ2n) is 11.1. The van der Waals surface area contributed by atoms with E-state index in [1.807, 2.05) is 20.8 Å². The fourth-order valence-electron chi connectivity index (χ4n) is 5.44. The minimum atomic E-state index is -2.23. The summed E-state index contributed by atoms with van der Waals surface area (Å²) in [6.45, 7) is 6.01.